The first-order valence-corrected chi connectivity index (χ1v) is 7.08. The minimum Gasteiger partial charge on any atom is -0.393 e. The van der Waals surface area contributed by atoms with Gasteiger partial charge in [0.1, 0.15) is 0 Å². The van der Waals surface area contributed by atoms with Crippen molar-refractivity contribution >= 4 is 17.2 Å². The van der Waals surface area contributed by atoms with Crippen LogP contribution in [0.1, 0.15) is 31.9 Å². The Balaban J connectivity index is 2.97. The first kappa shape index (κ1) is 16.1. The van der Waals surface area contributed by atoms with Gasteiger partial charge in [-0.2, -0.15) is 0 Å². The van der Waals surface area contributed by atoms with Crippen molar-refractivity contribution in [3.05, 3.63) is 35.9 Å². The summed E-state index contributed by atoms with van der Waals surface area (Å²) in [5.41, 5.74) is 7.02. The van der Waals surface area contributed by atoms with Crippen molar-refractivity contribution in [3.8, 4) is 0 Å². The van der Waals surface area contributed by atoms with Crippen molar-refractivity contribution in [3.63, 3.8) is 0 Å². The molecule has 0 saturated carbocycles. The Morgan fingerprint density at radius 3 is 2.47 bits per heavy atom. The maximum Gasteiger partial charge on any atom is 0.0746 e. The number of benzene rings is 1. The van der Waals surface area contributed by atoms with E-state index in [0.717, 1.165) is 6.54 Å². The fourth-order valence-corrected chi connectivity index (χ4v) is 2.63. The predicted octanol–water partition coefficient (Wildman–Crippen LogP) is 2.76. The largest absolute Gasteiger partial charge is 0.393 e. The second-order valence-electron chi connectivity index (χ2n) is 4.73. The smallest absolute Gasteiger partial charge is 0.0746 e. The van der Waals surface area contributed by atoms with Crippen LogP contribution in [-0.4, -0.2) is 36.2 Å². The normalized spacial score (nSPS) is 14.3. The second kappa shape index (κ2) is 8.25. The molecule has 0 amide bonds. The average molecular weight is 280 g/mol. The first-order valence-electron chi connectivity index (χ1n) is 6.68. The summed E-state index contributed by atoms with van der Waals surface area (Å²) >= 11 is 5.11. The van der Waals surface area contributed by atoms with E-state index in [0.29, 0.717) is 24.1 Å². The van der Waals surface area contributed by atoms with Gasteiger partial charge in [-0.1, -0.05) is 49.5 Å². The number of ether oxygens (including phenoxy) is 1. The van der Waals surface area contributed by atoms with Crippen molar-refractivity contribution in [2.75, 3.05) is 20.3 Å². The van der Waals surface area contributed by atoms with E-state index in [-0.39, 0.29) is 6.04 Å². The Kier molecular flexibility index (Phi) is 6.99. The maximum absolute atomic E-state index is 5.77. The van der Waals surface area contributed by atoms with E-state index >= 15 is 0 Å². The molecule has 0 fully saturated rings. The molecule has 1 rings (SSSR count). The zero-order valence-corrected chi connectivity index (χ0v) is 12.8. The molecular weight excluding hydrogens is 256 g/mol. The fraction of sp³-hybridized carbons (Fsp3) is 0.533. The maximum atomic E-state index is 5.77. The van der Waals surface area contributed by atoms with Crippen LogP contribution in [-0.2, 0) is 4.74 Å². The summed E-state index contributed by atoms with van der Waals surface area (Å²) in [4.78, 5) is 2.94. The van der Waals surface area contributed by atoms with Gasteiger partial charge in [0.2, 0.25) is 0 Å². The predicted molar refractivity (Wildman–Crippen MR) is 84.3 cm³/mol. The summed E-state index contributed by atoms with van der Waals surface area (Å²) in [6, 6.07) is 10.9. The van der Waals surface area contributed by atoms with E-state index in [2.05, 4.69) is 43.0 Å². The van der Waals surface area contributed by atoms with E-state index in [1.165, 1.54) is 5.56 Å². The highest BCUT2D eigenvalue weighted by molar-refractivity contribution is 7.80. The highest BCUT2D eigenvalue weighted by Crippen LogP contribution is 2.26. The minimum atomic E-state index is 0.217. The van der Waals surface area contributed by atoms with Gasteiger partial charge in [0.15, 0.2) is 0 Å². The van der Waals surface area contributed by atoms with E-state index in [1.54, 1.807) is 7.11 Å². The quantitative estimate of drug-likeness (QED) is 0.743. The number of rotatable bonds is 8. The first-order chi connectivity index (χ1) is 9.10. The molecule has 2 atom stereocenters. The molecule has 4 heteroatoms. The van der Waals surface area contributed by atoms with E-state index in [1.807, 2.05) is 6.07 Å². The van der Waals surface area contributed by atoms with Crippen molar-refractivity contribution in [2.45, 2.75) is 32.4 Å². The summed E-state index contributed by atoms with van der Waals surface area (Å²) in [7, 11) is 1.73. The lowest BCUT2D eigenvalue weighted by molar-refractivity contribution is 0.0748. The van der Waals surface area contributed by atoms with Gasteiger partial charge >= 0.3 is 0 Å². The van der Waals surface area contributed by atoms with E-state index < -0.39 is 0 Å². The van der Waals surface area contributed by atoms with E-state index in [4.69, 9.17) is 22.7 Å². The molecule has 1 aromatic rings. The van der Waals surface area contributed by atoms with Crippen LogP contribution in [0.15, 0.2) is 30.3 Å². The van der Waals surface area contributed by atoms with Crippen molar-refractivity contribution in [2.24, 2.45) is 5.73 Å². The van der Waals surface area contributed by atoms with Gasteiger partial charge in [-0.05, 0) is 19.0 Å². The number of nitrogens with zero attached hydrogens (tertiary/aromatic N) is 1. The number of hydrogen-bond donors (Lipinski definition) is 1. The lowest BCUT2D eigenvalue weighted by Crippen LogP contribution is -2.40. The van der Waals surface area contributed by atoms with Crippen LogP contribution in [0.25, 0.3) is 0 Å². The summed E-state index contributed by atoms with van der Waals surface area (Å²) in [6.07, 6.45) is 0.696. The molecule has 2 unspecified atom stereocenters. The fourth-order valence-electron chi connectivity index (χ4n) is 2.47. The number of methoxy groups -OCH3 is 1. The van der Waals surface area contributed by atoms with E-state index in [9.17, 15) is 0 Å². The van der Waals surface area contributed by atoms with Gasteiger partial charge in [-0.3, -0.25) is 4.90 Å². The Hall–Kier alpha value is -0.970. The highest BCUT2D eigenvalue weighted by atomic mass is 32.1. The third-order valence-corrected chi connectivity index (χ3v) is 3.49. The molecule has 0 aromatic heterocycles. The molecule has 0 aliphatic carbocycles. The Labute approximate surface area is 121 Å². The Morgan fingerprint density at radius 2 is 2.00 bits per heavy atom. The molecule has 0 heterocycles. The van der Waals surface area contributed by atoms with Gasteiger partial charge in [0.25, 0.3) is 0 Å². The molecule has 0 spiro atoms. The number of likely N-dealkylation sites (N-methyl/N-ethyl adjacent to an activating group) is 1. The van der Waals surface area contributed by atoms with Gasteiger partial charge in [0, 0.05) is 25.6 Å². The SMILES string of the molecule is CCN(C(C)COC)C(CC(N)=S)c1ccccc1. The monoisotopic (exact) mass is 280 g/mol. The summed E-state index contributed by atoms with van der Waals surface area (Å²) in [6.45, 7) is 5.96. The standard InChI is InChI=1S/C15H24N2OS/c1-4-17(12(2)11-18-3)14(10-15(16)19)13-8-6-5-7-9-13/h5-9,12,14H,4,10-11H2,1-3H3,(H2,16,19). The van der Waals surface area contributed by atoms with Crippen LogP contribution in [0.3, 0.4) is 0 Å². The van der Waals surface area contributed by atoms with Crippen molar-refractivity contribution in [1.29, 1.82) is 0 Å². The molecule has 0 aliphatic heterocycles. The molecule has 2 N–H and O–H groups in total. The summed E-state index contributed by atoms with van der Waals surface area (Å²) < 4.78 is 5.27. The minimum absolute atomic E-state index is 0.217. The zero-order valence-electron chi connectivity index (χ0n) is 12.0. The van der Waals surface area contributed by atoms with Gasteiger partial charge in [-0.15, -0.1) is 0 Å². The Morgan fingerprint density at radius 1 is 1.37 bits per heavy atom. The molecule has 0 saturated heterocycles. The molecule has 0 bridgehead atoms. The number of nitrogens with two attached hydrogens (primary N) is 1. The van der Waals surface area contributed by atoms with Gasteiger partial charge in [0.05, 0.1) is 11.6 Å². The van der Waals surface area contributed by atoms with Crippen LogP contribution >= 0.6 is 12.2 Å². The van der Waals surface area contributed by atoms with Crippen LogP contribution in [0.2, 0.25) is 0 Å². The molecule has 19 heavy (non-hydrogen) atoms. The third kappa shape index (κ3) is 4.90. The van der Waals surface area contributed by atoms with Crippen LogP contribution in [0, 0.1) is 0 Å². The van der Waals surface area contributed by atoms with Gasteiger partial charge in [-0.25, -0.2) is 0 Å². The van der Waals surface area contributed by atoms with Crippen molar-refractivity contribution < 1.29 is 4.74 Å². The zero-order chi connectivity index (χ0) is 14.3. The molecule has 1 aromatic carbocycles. The van der Waals surface area contributed by atoms with Crippen LogP contribution in [0.5, 0.6) is 0 Å². The Bertz CT molecular complexity index is 383. The van der Waals surface area contributed by atoms with Crippen LogP contribution < -0.4 is 5.73 Å². The summed E-state index contributed by atoms with van der Waals surface area (Å²) in [5.74, 6) is 0. The molecule has 0 aliphatic rings. The third-order valence-electron chi connectivity index (χ3n) is 3.32. The van der Waals surface area contributed by atoms with Gasteiger partial charge < -0.3 is 10.5 Å². The topological polar surface area (TPSA) is 38.5 Å². The molecule has 0 radical (unpaired) electrons. The second-order valence-corrected chi connectivity index (χ2v) is 5.26. The average Bonchev–Trinajstić information content (AvgIpc) is 2.39. The lowest BCUT2D eigenvalue weighted by atomic mass is 10.0. The highest BCUT2D eigenvalue weighted by Gasteiger charge is 2.24. The van der Waals surface area contributed by atoms with Crippen molar-refractivity contribution in [1.82, 2.24) is 4.90 Å². The van der Waals surface area contributed by atoms with Crippen LogP contribution in [0.4, 0.5) is 0 Å². The molecule has 3 nitrogen and oxygen atoms in total. The molecule has 106 valence electrons. The summed E-state index contributed by atoms with van der Waals surface area (Å²) in [5, 5.41) is 0. The molecular formula is C15H24N2OS. The number of thiocarbonyl (C=S) groups is 1. The number of hydrogen-bond acceptors (Lipinski definition) is 3. The lowest BCUT2D eigenvalue weighted by Gasteiger charge is -2.35.